The second-order valence-corrected chi connectivity index (χ2v) is 4.17. The van der Waals surface area contributed by atoms with E-state index in [2.05, 4.69) is 0 Å². The topological polar surface area (TPSA) is 55.6 Å². The summed E-state index contributed by atoms with van der Waals surface area (Å²) in [5.41, 5.74) is 5.46. The summed E-state index contributed by atoms with van der Waals surface area (Å²) in [7, 11) is 3.46. The van der Waals surface area contributed by atoms with Crippen molar-refractivity contribution in [3.8, 4) is 0 Å². The number of ether oxygens (including phenoxy) is 1. The Bertz CT molecular complexity index is 198. The maximum Gasteiger partial charge on any atom is 0.248 e. The predicted molar refractivity (Wildman–Crippen MR) is 54.9 cm³/mol. The second kappa shape index (κ2) is 4.75. The van der Waals surface area contributed by atoms with Crippen molar-refractivity contribution in [2.45, 2.75) is 31.3 Å². The van der Waals surface area contributed by atoms with Crippen LogP contribution in [0.25, 0.3) is 0 Å². The monoisotopic (exact) mass is 200 g/mol. The number of nitrogens with zero attached hydrogens (tertiary/aromatic N) is 1. The number of carbonyl (C=O) groups excluding carboxylic acids is 1. The van der Waals surface area contributed by atoms with Crippen molar-refractivity contribution >= 4 is 5.91 Å². The molecule has 2 N–H and O–H groups in total. The third-order valence-electron chi connectivity index (χ3n) is 2.89. The van der Waals surface area contributed by atoms with Gasteiger partial charge in [0.05, 0.1) is 5.60 Å². The van der Waals surface area contributed by atoms with Crippen molar-refractivity contribution < 1.29 is 9.53 Å². The van der Waals surface area contributed by atoms with Crippen LogP contribution in [0.4, 0.5) is 0 Å². The molecule has 0 saturated heterocycles. The van der Waals surface area contributed by atoms with Gasteiger partial charge in [0.15, 0.2) is 0 Å². The molecule has 0 unspecified atom stereocenters. The van der Waals surface area contributed by atoms with Crippen LogP contribution < -0.4 is 5.73 Å². The molecule has 0 heterocycles. The number of likely N-dealkylation sites (N-methyl/N-ethyl adjacent to an activating group) is 1. The van der Waals surface area contributed by atoms with E-state index in [0.717, 1.165) is 25.7 Å². The highest BCUT2D eigenvalue weighted by molar-refractivity contribution is 5.76. The molecule has 0 aromatic rings. The minimum Gasteiger partial charge on any atom is -0.364 e. The zero-order valence-electron chi connectivity index (χ0n) is 9.08. The van der Waals surface area contributed by atoms with Gasteiger partial charge in [-0.15, -0.1) is 0 Å². The van der Waals surface area contributed by atoms with Gasteiger partial charge in [0.25, 0.3) is 0 Å². The van der Waals surface area contributed by atoms with Crippen molar-refractivity contribution in [1.82, 2.24) is 4.90 Å². The van der Waals surface area contributed by atoms with E-state index in [0.29, 0.717) is 6.54 Å². The zero-order valence-corrected chi connectivity index (χ0v) is 9.08. The molecule has 1 rings (SSSR count). The molecule has 1 aliphatic carbocycles. The maximum absolute atomic E-state index is 11.3. The highest BCUT2D eigenvalue weighted by Gasteiger charge is 2.33. The number of nitrogens with two attached hydrogens (primary N) is 1. The summed E-state index contributed by atoms with van der Waals surface area (Å²) in [4.78, 5) is 12.9. The Balaban J connectivity index is 2.38. The van der Waals surface area contributed by atoms with E-state index in [1.54, 1.807) is 19.0 Å². The molecule has 0 aromatic heterocycles. The Kier molecular flexibility index (Phi) is 3.89. The van der Waals surface area contributed by atoms with Crippen LogP contribution in [0.3, 0.4) is 0 Å². The lowest BCUT2D eigenvalue weighted by molar-refractivity contribution is -0.140. The summed E-state index contributed by atoms with van der Waals surface area (Å²) in [6.45, 7) is 0.678. The lowest BCUT2D eigenvalue weighted by atomic mass is 10.0. The molecule has 1 amide bonds. The number of hydrogen-bond donors (Lipinski definition) is 1. The summed E-state index contributed by atoms with van der Waals surface area (Å²) in [5.74, 6) is 0.00437. The quantitative estimate of drug-likeness (QED) is 0.713. The molecule has 0 aromatic carbocycles. The van der Waals surface area contributed by atoms with Crippen LogP contribution in [0.5, 0.6) is 0 Å². The lowest BCUT2D eigenvalue weighted by Gasteiger charge is -2.27. The van der Waals surface area contributed by atoms with Gasteiger partial charge < -0.3 is 15.4 Å². The van der Waals surface area contributed by atoms with Crippen LogP contribution in [0.2, 0.25) is 0 Å². The van der Waals surface area contributed by atoms with Gasteiger partial charge in [-0.25, -0.2) is 0 Å². The molecule has 1 fully saturated rings. The van der Waals surface area contributed by atoms with Crippen LogP contribution in [-0.4, -0.2) is 43.7 Å². The van der Waals surface area contributed by atoms with Crippen molar-refractivity contribution in [1.29, 1.82) is 0 Å². The average molecular weight is 200 g/mol. The van der Waals surface area contributed by atoms with E-state index in [1.165, 1.54) is 0 Å². The largest absolute Gasteiger partial charge is 0.364 e. The Morgan fingerprint density at radius 2 is 2.00 bits per heavy atom. The van der Waals surface area contributed by atoms with Crippen molar-refractivity contribution in [2.75, 3.05) is 27.2 Å². The molecule has 4 nitrogen and oxygen atoms in total. The number of hydrogen-bond acceptors (Lipinski definition) is 3. The van der Waals surface area contributed by atoms with Gasteiger partial charge in [-0.2, -0.15) is 0 Å². The van der Waals surface area contributed by atoms with E-state index in [9.17, 15) is 4.79 Å². The van der Waals surface area contributed by atoms with Crippen molar-refractivity contribution in [2.24, 2.45) is 5.73 Å². The molecule has 0 bridgehead atoms. The molecule has 0 atom stereocenters. The van der Waals surface area contributed by atoms with E-state index in [1.807, 2.05) is 0 Å². The molecule has 4 heteroatoms. The lowest BCUT2D eigenvalue weighted by Crippen LogP contribution is -2.41. The first-order valence-electron chi connectivity index (χ1n) is 5.14. The summed E-state index contributed by atoms with van der Waals surface area (Å²) < 4.78 is 5.65. The van der Waals surface area contributed by atoms with Gasteiger partial charge in [-0.1, -0.05) is 12.8 Å². The third-order valence-corrected chi connectivity index (χ3v) is 2.89. The summed E-state index contributed by atoms with van der Waals surface area (Å²) in [6, 6.07) is 0. The Labute approximate surface area is 85.4 Å². The van der Waals surface area contributed by atoms with Gasteiger partial charge in [0.1, 0.15) is 6.61 Å². The molecular weight excluding hydrogens is 180 g/mol. The summed E-state index contributed by atoms with van der Waals surface area (Å²) in [6.07, 6.45) is 4.30. The Hall–Kier alpha value is -0.610. The highest BCUT2D eigenvalue weighted by Crippen LogP contribution is 2.32. The van der Waals surface area contributed by atoms with Crippen molar-refractivity contribution in [3.05, 3.63) is 0 Å². The molecule has 1 aliphatic rings. The second-order valence-electron chi connectivity index (χ2n) is 4.17. The van der Waals surface area contributed by atoms with Crippen molar-refractivity contribution in [3.63, 3.8) is 0 Å². The fraction of sp³-hybridized carbons (Fsp3) is 0.900. The normalized spacial score (nSPS) is 19.6. The van der Waals surface area contributed by atoms with Crippen LogP contribution in [-0.2, 0) is 9.53 Å². The Morgan fingerprint density at radius 1 is 1.43 bits per heavy atom. The first kappa shape index (κ1) is 11.5. The minimum atomic E-state index is -0.217. The summed E-state index contributed by atoms with van der Waals surface area (Å²) >= 11 is 0. The highest BCUT2D eigenvalue weighted by atomic mass is 16.5. The van der Waals surface area contributed by atoms with Crippen LogP contribution in [0.1, 0.15) is 25.7 Å². The predicted octanol–water partition coefficient (Wildman–Crippen LogP) is 0.363. The molecule has 0 radical (unpaired) electrons. The number of rotatable bonds is 4. The fourth-order valence-electron chi connectivity index (χ4n) is 1.77. The van der Waals surface area contributed by atoms with Gasteiger partial charge in [0, 0.05) is 20.6 Å². The standard InChI is InChI=1S/C10H20N2O2/c1-12(2)9(13)7-14-10(8-11)5-3-4-6-10/h3-8,11H2,1-2H3. The third kappa shape index (κ3) is 2.69. The van der Waals surface area contributed by atoms with Gasteiger partial charge in [-0.05, 0) is 12.8 Å². The Morgan fingerprint density at radius 3 is 2.43 bits per heavy atom. The molecular formula is C10H20N2O2. The summed E-state index contributed by atoms with van der Waals surface area (Å²) in [5, 5.41) is 0. The molecule has 0 aliphatic heterocycles. The average Bonchev–Trinajstić information content (AvgIpc) is 2.63. The smallest absolute Gasteiger partial charge is 0.248 e. The fourth-order valence-corrected chi connectivity index (χ4v) is 1.77. The van der Waals surface area contributed by atoms with Gasteiger partial charge in [0.2, 0.25) is 5.91 Å². The van der Waals surface area contributed by atoms with Crippen LogP contribution in [0.15, 0.2) is 0 Å². The van der Waals surface area contributed by atoms with E-state index < -0.39 is 0 Å². The molecule has 82 valence electrons. The zero-order chi connectivity index (χ0) is 10.6. The minimum absolute atomic E-state index is 0.00437. The molecule has 0 spiro atoms. The van der Waals surface area contributed by atoms with Gasteiger partial charge in [-0.3, -0.25) is 4.79 Å². The molecule has 14 heavy (non-hydrogen) atoms. The van der Waals surface area contributed by atoms with E-state index in [-0.39, 0.29) is 18.1 Å². The van der Waals surface area contributed by atoms with Crippen LogP contribution in [0, 0.1) is 0 Å². The van der Waals surface area contributed by atoms with E-state index >= 15 is 0 Å². The number of amides is 1. The first-order chi connectivity index (χ1) is 6.59. The molecule has 1 saturated carbocycles. The van der Waals surface area contributed by atoms with Gasteiger partial charge >= 0.3 is 0 Å². The number of carbonyl (C=O) groups is 1. The first-order valence-corrected chi connectivity index (χ1v) is 5.14. The SMILES string of the molecule is CN(C)C(=O)COC1(CN)CCCC1. The maximum atomic E-state index is 11.3. The van der Waals surface area contributed by atoms with Crippen LogP contribution >= 0.6 is 0 Å². The van der Waals surface area contributed by atoms with E-state index in [4.69, 9.17) is 10.5 Å².